The van der Waals surface area contributed by atoms with Gasteiger partial charge >= 0.3 is 7.12 Å². The third kappa shape index (κ3) is 2.42. The fraction of sp³-hybridized carbons (Fsp3) is 0.667. The topological polar surface area (TPSA) is 27.7 Å². The molecule has 2 fully saturated rings. The highest BCUT2D eigenvalue weighted by Crippen LogP contribution is 2.46. The molecule has 3 nitrogen and oxygen atoms in total. The van der Waals surface area contributed by atoms with Crippen molar-refractivity contribution in [3.63, 3.8) is 0 Å². The minimum absolute atomic E-state index is 0.129. The van der Waals surface area contributed by atoms with Crippen LogP contribution in [0.15, 0.2) is 30.3 Å². The van der Waals surface area contributed by atoms with Gasteiger partial charge in [-0.05, 0) is 46.1 Å². The summed E-state index contributed by atoms with van der Waals surface area (Å²) >= 11 is 0. The van der Waals surface area contributed by atoms with Crippen molar-refractivity contribution in [2.75, 3.05) is 6.61 Å². The third-order valence-corrected chi connectivity index (χ3v) is 5.74. The molecule has 1 aromatic rings. The molecule has 22 heavy (non-hydrogen) atoms. The van der Waals surface area contributed by atoms with Gasteiger partial charge in [0.25, 0.3) is 0 Å². The monoisotopic (exact) mass is 302 g/mol. The highest BCUT2D eigenvalue weighted by atomic mass is 16.7. The Morgan fingerprint density at radius 1 is 1.05 bits per heavy atom. The van der Waals surface area contributed by atoms with Crippen LogP contribution < -0.4 is 0 Å². The molecule has 2 aliphatic rings. The second-order valence-electron chi connectivity index (χ2n) is 7.74. The summed E-state index contributed by atoms with van der Waals surface area (Å²) in [5.41, 5.74) is 0.568. The Hall–Kier alpha value is -0.835. The van der Waals surface area contributed by atoms with E-state index in [1.807, 2.05) is 6.07 Å². The number of hydrogen-bond donors (Lipinski definition) is 0. The molecular weight excluding hydrogens is 275 g/mol. The predicted molar refractivity (Wildman–Crippen MR) is 88.9 cm³/mol. The van der Waals surface area contributed by atoms with Gasteiger partial charge in [-0.15, -0.1) is 0 Å². The Balaban J connectivity index is 2.00. The third-order valence-electron chi connectivity index (χ3n) is 5.74. The largest absolute Gasteiger partial charge is 0.471 e. The van der Waals surface area contributed by atoms with E-state index in [0.717, 1.165) is 19.4 Å². The van der Waals surface area contributed by atoms with Crippen LogP contribution in [0.4, 0.5) is 0 Å². The Bertz CT molecular complexity index is 506. The summed E-state index contributed by atoms with van der Waals surface area (Å²) in [7, 11) is -0.303. The SMILES string of the molecule is CC1(C)OB([C@@](C)(c2ccccc2)C2CCCO2)OC1(C)C. The van der Waals surface area contributed by atoms with E-state index in [2.05, 4.69) is 58.9 Å². The van der Waals surface area contributed by atoms with E-state index >= 15 is 0 Å². The summed E-state index contributed by atoms with van der Waals surface area (Å²) in [4.78, 5) is 0. The zero-order valence-corrected chi connectivity index (χ0v) is 14.4. The lowest BCUT2D eigenvalue weighted by molar-refractivity contribution is 0.00578. The number of benzene rings is 1. The van der Waals surface area contributed by atoms with E-state index in [-0.39, 0.29) is 29.7 Å². The van der Waals surface area contributed by atoms with Gasteiger partial charge in [-0.1, -0.05) is 37.3 Å². The normalized spacial score (nSPS) is 29.5. The summed E-state index contributed by atoms with van der Waals surface area (Å²) in [6.07, 6.45) is 2.28. The van der Waals surface area contributed by atoms with E-state index in [0.29, 0.717) is 0 Å². The van der Waals surface area contributed by atoms with Crippen LogP contribution in [-0.2, 0) is 19.4 Å². The maximum atomic E-state index is 6.39. The molecule has 0 spiro atoms. The summed E-state index contributed by atoms with van der Waals surface area (Å²) in [6, 6.07) is 10.5. The number of rotatable bonds is 3. The smallest absolute Gasteiger partial charge is 0.403 e. The summed E-state index contributed by atoms with van der Waals surface area (Å²) < 4.78 is 18.8. The quantitative estimate of drug-likeness (QED) is 0.796. The number of hydrogen-bond acceptors (Lipinski definition) is 3. The van der Waals surface area contributed by atoms with Gasteiger partial charge in [-0.3, -0.25) is 0 Å². The first-order valence-electron chi connectivity index (χ1n) is 8.30. The van der Waals surface area contributed by atoms with Crippen molar-refractivity contribution in [3.8, 4) is 0 Å². The fourth-order valence-electron chi connectivity index (χ4n) is 3.41. The van der Waals surface area contributed by atoms with Gasteiger partial charge in [-0.25, -0.2) is 0 Å². The molecule has 4 heteroatoms. The molecule has 3 rings (SSSR count). The molecule has 0 radical (unpaired) electrons. The predicted octanol–water partition coefficient (Wildman–Crippen LogP) is 3.75. The molecule has 120 valence electrons. The molecular formula is C18H27BO3. The first kappa shape index (κ1) is 16.0. The van der Waals surface area contributed by atoms with Crippen LogP contribution in [0, 0.1) is 0 Å². The lowest BCUT2D eigenvalue weighted by Crippen LogP contribution is -2.51. The molecule has 0 N–H and O–H groups in total. The molecule has 0 bridgehead atoms. The van der Waals surface area contributed by atoms with Crippen molar-refractivity contribution < 1.29 is 14.0 Å². The van der Waals surface area contributed by atoms with Gasteiger partial charge in [0, 0.05) is 6.61 Å². The van der Waals surface area contributed by atoms with Gasteiger partial charge in [0.1, 0.15) is 0 Å². The van der Waals surface area contributed by atoms with E-state index in [1.165, 1.54) is 5.56 Å². The maximum Gasteiger partial charge on any atom is 0.471 e. The molecule has 2 saturated heterocycles. The molecule has 2 aliphatic heterocycles. The Kier molecular flexibility index (Phi) is 3.91. The second-order valence-corrected chi connectivity index (χ2v) is 7.74. The van der Waals surface area contributed by atoms with E-state index in [9.17, 15) is 0 Å². The molecule has 0 amide bonds. The van der Waals surface area contributed by atoms with Crippen LogP contribution in [0.5, 0.6) is 0 Å². The zero-order chi connectivity index (χ0) is 16.0. The molecule has 1 unspecified atom stereocenters. The van der Waals surface area contributed by atoms with Crippen molar-refractivity contribution in [2.45, 2.75) is 70.1 Å². The second kappa shape index (κ2) is 5.36. The average molecular weight is 302 g/mol. The van der Waals surface area contributed by atoms with Gasteiger partial charge in [0.05, 0.1) is 22.6 Å². The van der Waals surface area contributed by atoms with Gasteiger partial charge < -0.3 is 14.0 Å². The van der Waals surface area contributed by atoms with Crippen molar-refractivity contribution in [1.29, 1.82) is 0 Å². The minimum atomic E-state index is -0.327. The van der Waals surface area contributed by atoms with Crippen LogP contribution in [0.2, 0.25) is 0 Å². The molecule has 0 aromatic heterocycles. The standard InChI is InChI=1S/C18H27BO3/c1-16(2)17(3,4)22-19(21-16)18(5,15-12-9-13-20-15)14-10-7-6-8-11-14/h6-8,10-11,15H,9,12-13H2,1-5H3/t15?,18-/m0/s1. The van der Waals surface area contributed by atoms with E-state index in [1.54, 1.807) is 0 Å². The molecule has 0 saturated carbocycles. The van der Waals surface area contributed by atoms with E-state index < -0.39 is 0 Å². The van der Waals surface area contributed by atoms with Crippen molar-refractivity contribution >= 4 is 7.12 Å². The molecule has 2 atom stereocenters. The van der Waals surface area contributed by atoms with Crippen molar-refractivity contribution in [2.24, 2.45) is 0 Å². The average Bonchev–Trinajstić information content (AvgIpc) is 3.06. The van der Waals surface area contributed by atoms with Crippen LogP contribution in [0.25, 0.3) is 0 Å². The minimum Gasteiger partial charge on any atom is -0.403 e. The Labute approximate surface area is 134 Å². The fourth-order valence-corrected chi connectivity index (χ4v) is 3.41. The van der Waals surface area contributed by atoms with E-state index in [4.69, 9.17) is 14.0 Å². The molecule has 1 aromatic carbocycles. The van der Waals surface area contributed by atoms with Crippen LogP contribution in [-0.4, -0.2) is 31.0 Å². The van der Waals surface area contributed by atoms with Gasteiger partial charge in [0.15, 0.2) is 0 Å². The Morgan fingerprint density at radius 3 is 2.14 bits per heavy atom. The first-order chi connectivity index (χ1) is 10.3. The van der Waals surface area contributed by atoms with Gasteiger partial charge in [-0.2, -0.15) is 0 Å². The summed E-state index contributed by atoms with van der Waals surface area (Å²) in [6.45, 7) is 11.5. The van der Waals surface area contributed by atoms with Crippen LogP contribution in [0.3, 0.4) is 0 Å². The summed E-state index contributed by atoms with van der Waals surface area (Å²) in [5.74, 6) is 0. The van der Waals surface area contributed by atoms with Crippen molar-refractivity contribution in [3.05, 3.63) is 35.9 Å². The highest BCUT2D eigenvalue weighted by Gasteiger charge is 2.61. The summed E-state index contributed by atoms with van der Waals surface area (Å²) in [5, 5.41) is -0.303. The van der Waals surface area contributed by atoms with Gasteiger partial charge in [0.2, 0.25) is 0 Å². The molecule has 0 aliphatic carbocycles. The zero-order valence-electron chi connectivity index (χ0n) is 14.4. The first-order valence-corrected chi connectivity index (χ1v) is 8.30. The number of ether oxygens (including phenoxy) is 1. The maximum absolute atomic E-state index is 6.39. The Morgan fingerprint density at radius 2 is 1.64 bits per heavy atom. The lowest BCUT2D eigenvalue weighted by atomic mass is 9.51. The highest BCUT2D eigenvalue weighted by molar-refractivity contribution is 6.50. The molecule has 2 heterocycles. The van der Waals surface area contributed by atoms with Crippen LogP contribution in [0.1, 0.15) is 53.0 Å². The lowest BCUT2D eigenvalue weighted by Gasteiger charge is -2.37. The van der Waals surface area contributed by atoms with Crippen molar-refractivity contribution in [1.82, 2.24) is 0 Å². The van der Waals surface area contributed by atoms with Crippen LogP contribution >= 0.6 is 0 Å².